The van der Waals surface area contributed by atoms with Gasteiger partial charge in [-0.2, -0.15) is 0 Å². The summed E-state index contributed by atoms with van der Waals surface area (Å²) < 4.78 is 0. The summed E-state index contributed by atoms with van der Waals surface area (Å²) in [5, 5.41) is 4.92. The number of carbonyl (C=O) groups is 1. The van der Waals surface area contributed by atoms with Gasteiger partial charge in [-0.15, -0.1) is 0 Å². The van der Waals surface area contributed by atoms with Gasteiger partial charge in [0.1, 0.15) is 5.82 Å². The van der Waals surface area contributed by atoms with Crippen molar-refractivity contribution in [3.63, 3.8) is 0 Å². The number of allylic oxidation sites excluding steroid dienone is 2. The van der Waals surface area contributed by atoms with Crippen LogP contribution in [0.3, 0.4) is 0 Å². The zero-order valence-electron chi connectivity index (χ0n) is 15.4. The molecule has 2 N–H and O–H groups in total. The summed E-state index contributed by atoms with van der Waals surface area (Å²) in [5.41, 5.74) is 2.44. The van der Waals surface area contributed by atoms with E-state index in [4.69, 9.17) is 23.2 Å². The number of nitrogens with zero attached hydrogens (tertiary/aromatic N) is 1. The number of nitrogens with one attached hydrogen (secondary N) is 2. The second kappa shape index (κ2) is 7.58. The van der Waals surface area contributed by atoms with Crippen molar-refractivity contribution in [1.82, 2.24) is 9.97 Å². The molecule has 1 atom stereocenters. The number of aromatic nitrogens is 2. The fourth-order valence-corrected chi connectivity index (χ4v) is 4.79. The van der Waals surface area contributed by atoms with E-state index in [1.807, 2.05) is 19.9 Å². The van der Waals surface area contributed by atoms with Crippen molar-refractivity contribution in [2.45, 2.75) is 49.4 Å². The predicted octanol–water partition coefficient (Wildman–Crippen LogP) is 5.14. The molecule has 8 heteroatoms. The maximum absolute atomic E-state index is 13.0. The highest BCUT2D eigenvalue weighted by Crippen LogP contribution is 2.44. The number of hydrogen-bond acceptors (Lipinski definition) is 5. The van der Waals surface area contributed by atoms with Gasteiger partial charge >= 0.3 is 0 Å². The minimum absolute atomic E-state index is 0.0514. The maximum Gasteiger partial charge on any atom is 0.257 e. The van der Waals surface area contributed by atoms with Crippen molar-refractivity contribution in [3.8, 4) is 0 Å². The minimum Gasteiger partial charge on any atom is -0.343 e. The molecule has 0 saturated heterocycles. The first-order valence-corrected chi connectivity index (χ1v) is 10.8. The van der Waals surface area contributed by atoms with Crippen molar-refractivity contribution in [1.29, 1.82) is 0 Å². The summed E-state index contributed by atoms with van der Waals surface area (Å²) >= 11 is 13.8. The Morgan fingerprint density at radius 1 is 1.18 bits per heavy atom. The van der Waals surface area contributed by atoms with Crippen LogP contribution in [0.5, 0.6) is 0 Å². The number of rotatable bonds is 3. The van der Waals surface area contributed by atoms with Crippen molar-refractivity contribution < 1.29 is 4.79 Å². The summed E-state index contributed by atoms with van der Waals surface area (Å²) in [6.45, 7) is 4.08. The van der Waals surface area contributed by atoms with Crippen molar-refractivity contribution in [3.05, 3.63) is 61.0 Å². The van der Waals surface area contributed by atoms with E-state index in [1.165, 1.54) is 11.8 Å². The molecule has 2 aliphatic rings. The molecule has 146 valence electrons. The Kier molecular flexibility index (Phi) is 5.29. The zero-order valence-corrected chi connectivity index (χ0v) is 17.8. The normalized spacial score (nSPS) is 18.8. The van der Waals surface area contributed by atoms with Crippen LogP contribution in [0.25, 0.3) is 0 Å². The highest BCUT2D eigenvalue weighted by molar-refractivity contribution is 7.99. The van der Waals surface area contributed by atoms with Crippen LogP contribution in [0.2, 0.25) is 10.0 Å². The molecule has 28 heavy (non-hydrogen) atoms. The van der Waals surface area contributed by atoms with Crippen LogP contribution in [0.4, 0.5) is 5.82 Å². The van der Waals surface area contributed by atoms with E-state index in [1.54, 1.807) is 12.1 Å². The van der Waals surface area contributed by atoms with Gasteiger partial charge in [-0.3, -0.25) is 9.59 Å². The molecule has 4 rings (SSSR count). The summed E-state index contributed by atoms with van der Waals surface area (Å²) in [6, 6.07) is 5.24. The van der Waals surface area contributed by atoms with Gasteiger partial charge < -0.3 is 10.3 Å². The van der Waals surface area contributed by atoms with Crippen molar-refractivity contribution in [2.24, 2.45) is 0 Å². The number of fused-ring (bicyclic) bond motifs is 1. The van der Waals surface area contributed by atoms with Crippen molar-refractivity contribution in [2.75, 3.05) is 5.32 Å². The Balaban J connectivity index is 1.94. The lowest BCUT2D eigenvalue weighted by Gasteiger charge is -2.33. The van der Waals surface area contributed by atoms with Crippen LogP contribution in [0.15, 0.2) is 39.4 Å². The Morgan fingerprint density at radius 2 is 1.96 bits per heavy atom. The lowest BCUT2D eigenvalue weighted by molar-refractivity contribution is -0.116. The van der Waals surface area contributed by atoms with Gasteiger partial charge in [-0.25, -0.2) is 4.98 Å². The summed E-state index contributed by atoms with van der Waals surface area (Å²) in [4.78, 5) is 33.3. The smallest absolute Gasteiger partial charge is 0.257 e. The van der Waals surface area contributed by atoms with Crippen molar-refractivity contribution >= 4 is 46.6 Å². The van der Waals surface area contributed by atoms with E-state index in [9.17, 15) is 9.59 Å². The minimum atomic E-state index is -0.511. The topological polar surface area (TPSA) is 74.8 Å². The highest BCUT2D eigenvalue weighted by atomic mass is 35.5. The lowest BCUT2D eigenvalue weighted by atomic mass is 9.76. The molecular weight excluding hydrogens is 417 g/mol. The van der Waals surface area contributed by atoms with Gasteiger partial charge in [0, 0.05) is 28.9 Å². The zero-order chi connectivity index (χ0) is 20.0. The fourth-order valence-electron chi connectivity index (χ4n) is 3.74. The quantitative estimate of drug-likeness (QED) is 0.515. The van der Waals surface area contributed by atoms with Gasteiger partial charge in [0.25, 0.3) is 5.56 Å². The molecule has 0 amide bonds. The molecule has 5 nitrogen and oxygen atoms in total. The molecule has 0 fully saturated rings. The Labute approximate surface area is 176 Å². The number of ketones is 1. The van der Waals surface area contributed by atoms with E-state index in [-0.39, 0.29) is 16.6 Å². The standard InChI is InChI=1S/C20H19Cl2N3O2S/c1-9(2)28-20-24-18-17(19(27)25-20)15(10-6-7-11(21)12(22)8-10)16-13(23-18)4-3-5-14(16)26/h6-9,15H,3-5H2,1-2H3,(H2,23,24,25,27). The summed E-state index contributed by atoms with van der Waals surface area (Å²) in [6.07, 6.45) is 2.00. The maximum atomic E-state index is 13.0. The second-order valence-electron chi connectivity index (χ2n) is 7.20. The van der Waals surface area contributed by atoms with Crippen LogP contribution in [0, 0.1) is 0 Å². The predicted molar refractivity (Wildman–Crippen MR) is 114 cm³/mol. The Morgan fingerprint density at radius 3 is 2.68 bits per heavy atom. The molecule has 1 aliphatic heterocycles. The average Bonchev–Trinajstić information content (AvgIpc) is 2.62. The molecule has 2 heterocycles. The van der Waals surface area contributed by atoms with E-state index in [0.29, 0.717) is 38.6 Å². The number of benzene rings is 1. The average molecular weight is 436 g/mol. The molecule has 1 aliphatic carbocycles. The largest absolute Gasteiger partial charge is 0.343 e. The third-order valence-corrected chi connectivity index (χ3v) is 6.49. The third kappa shape index (κ3) is 3.49. The molecule has 0 spiro atoms. The van der Waals surface area contributed by atoms with Crippen LogP contribution < -0.4 is 10.9 Å². The monoisotopic (exact) mass is 435 g/mol. The molecule has 0 saturated carbocycles. The third-order valence-electron chi connectivity index (χ3n) is 4.86. The first-order valence-electron chi connectivity index (χ1n) is 9.14. The van der Waals surface area contributed by atoms with Gasteiger partial charge in [-0.1, -0.05) is 54.9 Å². The number of carbonyl (C=O) groups excluding carboxylic acids is 1. The Hall–Kier alpha value is -1.76. The van der Waals surface area contributed by atoms with Crippen LogP contribution in [0.1, 0.15) is 50.2 Å². The summed E-state index contributed by atoms with van der Waals surface area (Å²) in [7, 11) is 0. The SMILES string of the molecule is CC(C)Sc1nc2c(c(=O)[nH]1)C(c1ccc(Cl)c(Cl)c1)C1=C(CCCC1=O)N2. The van der Waals surface area contributed by atoms with Crippen LogP contribution in [-0.4, -0.2) is 21.0 Å². The van der Waals surface area contributed by atoms with Gasteiger partial charge in [-0.05, 0) is 30.5 Å². The molecule has 2 aromatic rings. The van der Waals surface area contributed by atoms with E-state index >= 15 is 0 Å². The molecular formula is C20H19Cl2N3O2S. The molecule has 1 unspecified atom stereocenters. The van der Waals surface area contributed by atoms with Crippen LogP contribution >= 0.6 is 35.0 Å². The molecule has 0 radical (unpaired) electrons. The van der Waals surface area contributed by atoms with Crippen LogP contribution in [-0.2, 0) is 4.79 Å². The first-order chi connectivity index (χ1) is 13.3. The fraction of sp³-hybridized carbons (Fsp3) is 0.350. The molecule has 0 bridgehead atoms. The number of Topliss-reactive ketones (excluding diaryl/α,β-unsaturated/α-hetero) is 1. The van der Waals surface area contributed by atoms with Gasteiger partial charge in [0.15, 0.2) is 10.9 Å². The number of H-pyrrole nitrogens is 1. The number of halogens is 2. The number of hydrogen-bond donors (Lipinski definition) is 2. The first kappa shape index (κ1) is 19.6. The van der Waals surface area contributed by atoms with E-state index in [0.717, 1.165) is 24.1 Å². The highest BCUT2D eigenvalue weighted by Gasteiger charge is 2.38. The van der Waals surface area contributed by atoms with E-state index < -0.39 is 5.92 Å². The van der Waals surface area contributed by atoms with Gasteiger partial charge in [0.2, 0.25) is 0 Å². The van der Waals surface area contributed by atoms with E-state index in [2.05, 4.69) is 15.3 Å². The number of anilines is 1. The number of thioether (sulfide) groups is 1. The van der Waals surface area contributed by atoms with Gasteiger partial charge in [0.05, 0.1) is 15.6 Å². The molecule has 1 aromatic heterocycles. The summed E-state index contributed by atoms with van der Waals surface area (Å²) in [5.74, 6) is 0.0510. The Bertz CT molecular complexity index is 1060. The second-order valence-corrected chi connectivity index (χ2v) is 9.58. The number of aromatic amines is 1. The molecule has 1 aromatic carbocycles. The lowest BCUT2D eigenvalue weighted by Crippen LogP contribution is -2.32.